The summed E-state index contributed by atoms with van der Waals surface area (Å²) in [7, 11) is 0. The Morgan fingerprint density at radius 2 is 1.53 bits per heavy atom. The normalized spacial score (nSPS) is 10.4. The van der Waals surface area contributed by atoms with Crippen molar-refractivity contribution in [3.05, 3.63) is 46.8 Å². The van der Waals surface area contributed by atoms with Crippen LogP contribution in [0.5, 0.6) is 11.5 Å². The Hall–Kier alpha value is -3.29. The number of ether oxygens (including phenoxy) is 4. The van der Waals surface area contributed by atoms with E-state index in [2.05, 4.69) is 4.98 Å². The van der Waals surface area contributed by atoms with Gasteiger partial charge in [-0.05, 0) is 57.5 Å². The lowest BCUT2D eigenvalue weighted by Gasteiger charge is -2.08. The summed E-state index contributed by atoms with van der Waals surface area (Å²) >= 11 is 0. The molecule has 0 saturated carbocycles. The quantitative estimate of drug-likeness (QED) is 0.441. The molecule has 2 aromatic rings. The molecule has 162 valence electrons. The van der Waals surface area contributed by atoms with Crippen molar-refractivity contribution in [2.45, 2.75) is 34.1 Å². The van der Waals surface area contributed by atoms with Crippen LogP contribution in [-0.4, -0.2) is 49.1 Å². The Morgan fingerprint density at radius 3 is 2.13 bits per heavy atom. The first-order valence-electron chi connectivity index (χ1n) is 9.78. The zero-order valence-corrected chi connectivity index (χ0v) is 17.7. The van der Waals surface area contributed by atoms with Crippen LogP contribution >= 0.6 is 0 Å². The Morgan fingerprint density at radius 1 is 0.900 bits per heavy atom. The van der Waals surface area contributed by atoms with Crippen LogP contribution in [-0.2, 0) is 14.3 Å². The number of ketones is 1. The molecule has 0 spiro atoms. The first-order valence-corrected chi connectivity index (χ1v) is 9.78. The largest absolute Gasteiger partial charge is 0.494 e. The van der Waals surface area contributed by atoms with Gasteiger partial charge in [0.15, 0.2) is 6.61 Å². The number of hydrogen-bond donors (Lipinski definition) is 1. The number of aromatic nitrogens is 1. The number of hydrogen-bond acceptors (Lipinski definition) is 7. The van der Waals surface area contributed by atoms with Gasteiger partial charge in [-0.1, -0.05) is 0 Å². The zero-order valence-electron chi connectivity index (χ0n) is 17.7. The number of nitrogens with one attached hydrogen (secondary N) is 1. The molecule has 0 aliphatic heterocycles. The van der Waals surface area contributed by atoms with Crippen molar-refractivity contribution in [2.24, 2.45) is 0 Å². The average molecular weight is 417 g/mol. The molecule has 0 aliphatic rings. The fraction of sp³-hybridized carbons (Fsp3) is 0.409. The van der Waals surface area contributed by atoms with Crippen LogP contribution in [0.2, 0.25) is 0 Å². The van der Waals surface area contributed by atoms with Gasteiger partial charge in [-0.25, -0.2) is 4.79 Å². The zero-order chi connectivity index (χ0) is 22.1. The van der Waals surface area contributed by atoms with Crippen LogP contribution in [0.3, 0.4) is 0 Å². The minimum absolute atomic E-state index is 0.000329. The predicted molar refractivity (Wildman–Crippen MR) is 109 cm³/mol. The summed E-state index contributed by atoms with van der Waals surface area (Å²) in [5.74, 6) is -0.125. The highest BCUT2D eigenvalue weighted by molar-refractivity contribution is 6.03. The highest BCUT2D eigenvalue weighted by atomic mass is 16.5. The maximum absolute atomic E-state index is 12.5. The number of esters is 2. The Kier molecular flexibility index (Phi) is 8.46. The molecule has 2 rings (SSSR count). The molecule has 1 N–H and O–H groups in total. The molecule has 1 aromatic heterocycles. The van der Waals surface area contributed by atoms with Crippen molar-refractivity contribution in [3.8, 4) is 11.5 Å². The molecule has 0 radical (unpaired) electrons. The van der Waals surface area contributed by atoms with Gasteiger partial charge in [0.2, 0.25) is 5.78 Å². The predicted octanol–water partition coefficient (Wildman–Crippen LogP) is 3.40. The molecular weight excluding hydrogens is 390 g/mol. The van der Waals surface area contributed by atoms with Crippen molar-refractivity contribution in [3.63, 3.8) is 0 Å². The third-order valence-corrected chi connectivity index (χ3v) is 4.27. The summed E-state index contributed by atoms with van der Waals surface area (Å²) in [6, 6.07) is 7.06. The molecule has 8 nitrogen and oxygen atoms in total. The van der Waals surface area contributed by atoms with Gasteiger partial charge in [0, 0.05) is 11.3 Å². The minimum Gasteiger partial charge on any atom is -0.494 e. The van der Waals surface area contributed by atoms with E-state index in [9.17, 15) is 14.4 Å². The average Bonchev–Trinajstić information content (AvgIpc) is 3.02. The molecule has 1 heterocycles. The Bertz CT molecular complexity index is 884. The van der Waals surface area contributed by atoms with Crippen LogP contribution in [0.15, 0.2) is 24.3 Å². The fourth-order valence-corrected chi connectivity index (χ4v) is 2.92. The van der Waals surface area contributed by atoms with Crippen molar-refractivity contribution in [1.82, 2.24) is 4.98 Å². The fourth-order valence-electron chi connectivity index (χ4n) is 2.92. The molecule has 8 heteroatoms. The molecule has 0 fully saturated rings. The molecule has 0 unspecified atom stereocenters. The van der Waals surface area contributed by atoms with Crippen LogP contribution in [0, 0.1) is 13.8 Å². The maximum Gasteiger partial charge on any atom is 0.355 e. The van der Waals surface area contributed by atoms with Gasteiger partial charge < -0.3 is 23.9 Å². The van der Waals surface area contributed by atoms with E-state index in [1.165, 1.54) is 0 Å². The lowest BCUT2D eigenvalue weighted by atomic mass is 10.1. The highest BCUT2D eigenvalue weighted by Gasteiger charge is 2.23. The van der Waals surface area contributed by atoms with E-state index in [-0.39, 0.29) is 25.3 Å². The number of carbonyl (C=O) groups excluding carboxylic acids is 3. The number of aryl methyl sites for hydroxylation is 1. The second kappa shape index (κ2) is 11.0. The first-order chi connectivity index (χ1) is 14.4. The van der Waals surface area contributed by atoms with Crippen molar-refractivity contribution >= 4 is 17.7 Å². The summed E-state index contributed by atoms with van der Waals surface area (Å²) in [6.07, 6.45) is -0.000329. The van der Waals surface area contributed by atoms with Crippen molar-refractivity contribution in [2.75, 3.05) is 26.4 Å². The van der Waals surface area contributed by atoms with Gasteiger partial charge >= 0.3 is 11.9 Å². The number of carbonyl (C=O) groups is 3. The van der Waals surface area contributed by atoms with Gasteiger partial charge in [-0.2, -0.15) is 0 Å². The van der Waals surface area contributed by atoms with Crippen LogP contribution in [0.1, 0.15) is 52.4 Å². The van der Waals surface area contributed by atoms with E-state index in [1.54, 1.807) is 45.0 Å². The molecule has 0 aliphatic carbocycles. The van der Waals surface area contributed by atoms with E-state index in [1.807, 2.05) is 6.92 Å². The number of benzene rings is 1. The van der Waals surface area contributed by atoms with Crippen LogP contribution < -0.4 is 9.47 Å². The lowest BCUT2D eigenvalue weighted by molar-refractivity contribution is -0.143. The van der Waals surface area contributed by atoms with Crippen LogP contribution in [0.4, 0.5) is 0 Å². The van der Waals surface area contributed by atoms with E-state index < -0.39 is 24.3 Å². The van der Waals surface area contributed by atoms with Crippen molar-refractivity contribution < 1.29 is 33.3 Å². The smallest absolute Gasteiger partial charge is 0.355 e. The summed E-state index contributed by atoms with van der Waals surface area (Å²) < 4.78 is 20.9. The van der Waals surface area contributed by atoms with E-state index in [0.29, 0.717) is 29.2 Å². The molecular formula is C22H27NO7. The second-order valence-corrected chi connectivity index (χ2v) is 6.43. The van der Waals surface area contributed by atoms with Gasteiger partial charge in [-0.15, -0.1) is 0 Å². The van der Waals surface area contributed by atoms with E-state index >= 15 is 0 Å². The molecule has 30 heavy (non-hydrogen) atoms. The molecule has 0 saturated heterocycles. The number of aromatic amines is 1. The SMILES string of the molecule is CCOC(=O)c1[nH]c(C)c(C(=O)COC(=O)CCOc2ccc(OCC)cc2)c1C. The van der Waals surface area contributed by atoms with Crippen molar-refractivity contribution in [1.29, 1.82) is 0 Å². The summed E-state index contributed by atoms with van der Waals surface area (Å²) in [4.78, 5) is 39.2. The summed E-state index contributed by atoms with van der Waals surface area (Å²) in [5.41, 5.74) is 1.56. The Balaban J connectivity index is 1.82. The molecule has 0 bridgehead atoms. The van der Waals surface area contributed by atoms with Gasteiger partial charge in [-0.3, -0.25) is 9.59 Å². The van der Waals surface area contributed by atoms with Gasteiger partial charge in [0.05, 0.1) is 26.2 Å². The van der Waals surface area contributed by atoms with E-state index in [4.69, 9.17) is 18.9 Å². The highest BCUT2D eigenvalue weighted by Crippen LogP contribution is 2.20. The Labute approximate surface area is 175 Å². The van der Waals surface area contributed by atoms with Crippen LogP contribution in [0.25, 0.3) is 0 Å². The minimum atomic E-state index is -0.550. The van der Waals surface area contributed by atoms with Gasteiger partial charge in [0.25, 0.3) is 0 Å². The lowest BCUT2D eigenvalue weighted by Crippen LogP contribution is -2.17. The molecule has 0 amide bonds. The number of rotatable bonds is 11. The standard InChI is InChI=1S/C22H27NO7/c1-5-27-16-7-9-17(10-8-16)29-12-11-19(25)30-13-18(24)20-14(3)21(23-15(20)4)22(26)28-6-2/h7-10,23H,5-6,11-13H2,1-4H3. The second-order valence-electron chi connectivity index (χ2n) is 6.43. The molecule has 1 aromatic carbocycles. The monoisotopic (exact) mass is 417 g/mol. The number of Topliss-reactive ketones (excluding diaryl/α,β-unsaturated/α-hetero) is 1. The first kappa shape index (κ1) is 23.0. The third-order valence-electron chi connectivity index (χ3n) is 4.27. The van der Waals surface area contributed by atoms with Gasteiger partial charge in [0.1, 0.15) is 17.2 Å². The summed E-state index contributed by atoms with van der Waals surface area (Å²) in [6.45, 7) is 7.45. The number of H-pyrrole nitrogens is 1. The maximum atomic E-state index is 12.5. The van der Waals surface area contributed by atoms with E-state index in [0.717, 1.165) is 5.75 Å². The topological polar surface area (TPSA) is 104 Å². The summed E-state index contributed by atoms with van der Waals surface area (Å²) in [5, 5.41) is 0. The third kappa shape index (κ3) is 6.10. The molecule has 0 atom stereocenters.